The van der Waals surface area contributed by atoms with Crippen LogP contribution in [0.2, 0.25) is 0 Å². The summed E-state index contributed by atoms with van der Waals surface area (Å²) in [5.74, 6) is -0.288. The van der Waals surface area contributed by atoms with E-state index in [1.54, 1.807) is 5.51 Å². The normalized spacial score (nSPS) is 10.6. The molecule has 19 heavy (non-hydrogen) atoms. The Morgan fingerprint density at radius 1 is 1.21 bits per heavy atom. The summed E-state index contributed by atoms with van der Waals surface area (Å²) in [4.78, 5) is 24.1. The van der Waals surface area contributed by atoms with Crippen molar-refractivity contribution in [3.05, 3.63) is 46.4 Å². The monoisotopic (exact) mass is 334 g/mol. The topological polar surface area (TPSA) is 67.8 Å². The fourth-order valence-electron chi connectivity index (χ4n) is 1.56. The van der Waals surface area contributed by atoms with Crippen LogP contribution in [0.15, 0.2) is 40.7 Å². The molecule has 1 amide bonds. The molecule has 3 aromatic rings. The first kappa shape index (κ1) is 12.2. The Labute approximate surface area is 120 Å². The second-order valence-electron chi connectivity index (χ2n) is 3.71. The molecule has 0 unspecified atom stereocenters. The smallest absolute Gasteiger partial charge is 0.275 e. The summed E-state index contributed by atoms with van der Waals surface area (Å²) in [5, 5.41) is 2.78. The minimum atomic E-state index is -0.288. The molecule has 0 fully saturated rings. The van der Waals surface area contributed by atoms with Crippen molar-refractivity contribution in [3.8, 4) is 0 Å². The van der Waals surface area contributed by atoms with E-state index in [2.05, 4.69) is 36.2 Å². The third-order valence-electron chi connectivity index (χ3n) is 2.44. The maximum atomic E-state index is 12.0. The molecule has 94 valence electrons. The Hall–Kier alpha value is -1.86. The molecule has 0 bridgehead atoms. The van der Waals surface area contributed by atoms with Crippen LogP contribution in [-0.2, 0) is 0 Å². The van der Waals surface area contributed by atoms with Gasteiger partial charge in [-0.15, -0.1) is 11.3 Å². The van der Waals surface area contributed by atoms with Crippen LogP contribution in [0.5, 0.6) is 0 Å². The standard InChI is InChI=1S/C12H7BrN4OS/c13-11-5-14-9(4-15-11)12(18)17-7-1-2-8-10(3-7)19-6-16-8/h1-6H,(H,17,18). The van der Waals surface area contributed by atoms with Crippen LogP contribution in [0.25, 0.3) is 10.2 Å². The van der Waals surface area contributed by atoms with Gasteiger partial charge in [-0.25, -0.2) is 15.0 Å². The van der Waals surface area contributed by atoms with Gasteiger partial charge in [-0.1, -0.05) is 0 Å². The zero-order valence-electron chi connectivity index (χ0n) is 9.50. The number of hydrogen-bond donors (Lipinski definition) is 1. The molecule has 0 saturated heterocycles. The van der Waals surface area contributed by atoms with Crippen LogP contribution < -0.4 is 5.32 Å². The molecule has 5 nitrogen and oxygen atoms in total. The van der Waals surface area contributed by atoms with Crippen LogP contribution in [-0.4, -0.2) is 20.9 Å². The molecule has 0 saturated carbocycles. The Morgan fingerprint density at radius 3 is 2.89 bits per heavy atom. The lowest BCUT2D eigenvalue weighted by Crippen LogP contribution is -2.13. The molecule has 0 aliphatic carbocycles. The second-order valence-corrected chi connectivity index (χ2v) is 5.41. The van der Waals surface area contributed by atoms with Gasteiger partial charge in [0.05, 0.1) is 28.1 Å². The lowest BCUT2D eigenvalue weighted by atomic mass is 10.3. The number of carbonyl (C=O) groups excluding carboxylic acids is 1. The summed E-state index contributed by atoms with van der Waals surface area (Å²) < 4.78 is 1.62. The molecule has 0 aliphatic heterocycles. The first-order chi connectivity index (χ1) is 9.22. The molecule has 0 aliphatic rings. The third kappa shape index (κ3) is 2.61. The summed E-state index contributed by atoms with van der Waals surface area (Å²) in [6, 6.07) is 5.57. The van der Waals surface area contributed by atoms with Gasteiger partial charge < -0.3 is 5.32 Å². The Bertz CT molecular complexity index is 741. The van der Waals surface area contributed by atoms with Crippen LogP contribution in [0.3, 0.4) is 0 Å². The van der Waals surface area contributed by atoms with E-state index >= 15 is 0 Å². The molecule has 0 atom stereocenters. The number of hydrogen-bond acceptors (Lipinski definition) is 5. The van der Waals surface area contributed by atoms with Crippen molar-refractivity contribution in [1.29, 1.82) is 0 Å². The first-order valence-electron chi connectivity index (χ1n) is 5.34. The summed E-state index contributed by atoms with van der Waals surface area (Å²) in [7, 11) is 0. The average molecular weight is 335 g/mol. The van der Waals surface area contributed by atoms with Crippen molar-refractivity contribution >= 4 is 49.1 Å². The number of carbonyl (C=O) groups is 1. The lowest BCUT2D eigenvalue weighted by molar-refractivity contribution is 0.102. The van der Waals surface area contributed by atoms with Crippen molar-refractivity contribution in [2.24, 2.45) is 0 Å². The maximum absolute atomic E-state index is 12.0. The van der Waals surface area contributed by atoms with E-state index < -0.39 is 0 Å². The van der Waals surface area contributed by atoms with E-state index in [9.17, 15) is 4.79 Å². The van der Waals surface area contributed by atoms with Gasteiger partial charge in [0.15, 0.2) is 0 Å². The second kappa shape index (κ2) is 5.02. The van der Waals surface area contributed by atoms with Crippen molar-refractivity contribution in [1.82, 2.24) is 15.0 Å². The van der Waals surface area contributed by atoms with Gasteiger partial charge in [0.25, 0.3) is 5.91 Å². The van der Waals surface area contributed by atoms with Gasteiger partial charge in [-0.3, -0.25) is 4.79 Å². The van der Waals surface area contributed by atoms with E-state index in [0.29, 0.717) is 10.3 Å². The number of nitrogens with zero attached hydrogens (tertiary/aromatic N) is 3. The molecule has 3 rings (SSSR count). The highest BCUT2D eigenvalue weighted by Crippen LogP contribution is 2.22. The van der Waals surface area contributed by atoms with Crippen LogP contribution in [0.4, 0.5) is 5.69 Å². The van der Waals surface area contributed by atoms with Gasteiger partial charge in [0.1, 0.15) is 10.3 Å². The zero-order valence-corrected chi connectivity index (χ0v) is 11.9. The molecular formula is C12H7BrN4OS. The summed E-state index contributed by atoms with van der Waals surface area (Å²) >= 11 is 4.70. The van der Waals surface area contributed by atoms with E-state index in [1.807, 2.05) is 18.2 Å². The highest BCUT2D eigenvalue weighted by Gasteiger charge is 2.08. The SMILES string of the molecule is O=C(Nc1ccc2ncsc2c1)c1cnc(Br)cn1. The lowest BCUT2D eigenvalue weighted by Gasteiger charge is -2.04. The molecule has 0 radical (unpaired) electrons. The largest absolute Gasteiger partial charge is 0.321 e. The minimum Gasteiger partial charge on any atom is -0.321 e. The van der Waals surface area contributed by atoms with Crippen LogP contribution in [0, 0.1) is 0 Å². The average Bonchev–Trinajstić information content (AvgIpc) is 2.87. The maximum Gasteiger partial charge on any atom is 0.275 e. The number of halogens is 1. The van der Waals surface area contributed by atoms with E-state index in [0.717, 1.165) is 10.2 Å². The van der Waals surface area contributed by atoms with E-state index in [-0.39, 0.29) is 11.6 Å². The van der Waals surface area contributed by atoms with Crippen molar-refractivity contribution in [2.75, 3.05) is 5.32 Å². The predicted octanol–water partition coefficient (Wildman–Crippen LogP) is 3.10. The zero-order chi connectivity index (χ0) is 13.2. The third-order valence-corrected chi connectivity index (χ3v) is 3.64. The number of amides is 1. The summed E-state index contributed by atoms with van der Waals surface area (Å²) in [6.07, 6.45) is 2.91. The highest BCUT2D eigenvalue weighted by atomic mass is 79.9. The van der Waals surface area contributed by atoms with Gasteiger partial charge in [-0.05, 0) is 34.1 Å². The number of nitrogens with one attached hydrogen (secondary N) is 1. The molecule has 1 N–H and O–H groups in total. The molecular weight excluding hydrogens is 328 g/mol. The fourth-order valence-corrected chi connectivity index (χ4v) is 2.48. The Kier molecular flexibility index (Phi) is 3.22. The quantitative estimate of drug-likeness (QED) is 0.781. The van der Waals surface area contributed by atoms with Crippen LogP contribution in [0.1, 0.15) is 10.5 Å². The van der Waals surface area contributed by atoms with Gasteiger partial charge in [0, 0.05) is 5.69 Å². The molecule has 0 spiro atoms. The minimum absolute atomic E-state index is 0.271. The highest BCUT2D eigenvalue weighted by molar-refractivity contribution is 9.10. The number of rotatable bonds is 2. The number of thiazole rings is 1. The van der Waals surface area contributed by atoms with Crippen molar-refractivity contribution < 1.29 is 4.79 Å². The number of anilines is 1. The number of fused-ring (bicyclic) bond motifs is 1. The van der Waals surface area contributed by atoms with Crippen LogP contribution >= 0.6 is 27.3 Å². The molecule has 2 heterocycles. The Morgan fingerprint density at radius 2 is 2.11 bits per heavy atom. The molecule has 7 heteroatoms. The van der Waals surface area contributed by atoms with Gasteiger partial charge >= 0.3 is 0 Å². The van der Waals surface area contributed by atoms with Crippen molar-refractivity contribution in [2.45, 2.75) is 0 Å². The summed E-state index contributed by atoms with van der Waals surface area (Å²) in [6.45, 7) is 0. The number of aromatic nitrogens is 3. The number of benzene rings is 1. The molecule has 1 aromatic carbocycles. The fraction of sp³-hybridized carbons (Fsp3) is 0. The first-order valence-corrected chi connectivity index (χ1v) is 7.02. The van der Waals surface area contributed by atoms with Gasteiger partial charge in [0.2, 0.25) is 0 Å². The summed E-state index contributed by atoms with van der Waals surface area (Å²) in [5.41, 5.74) is 3.68. The van der Waals surface area contributed by atoms with Crippen molar-refractivity contribution in [3.63, 3.8) is 0 Å². The van der Waals surface area contributed by atoms with E-state index in [4.69, 9.17) is 0 Å². The van der Waals surface area contributed by atoms with Gasteiger partial charge in [-0.2, -0.15) is 0 Å². The predicted molar refractivity (Wildman–Crippen MR) is 77.3 cm³/mol. The van der Waals surface area contributed by atoms with E-state index in [1.165, 1.54) is 23.7 Å². The Balaban J connectivity index is 1.83. The molecule has 2 aromatic heterocycles.